The molecule has 1 aliphatic carbocycles. The van der Waals surface area contributed by atoms with E-state index in [-0.39, 0.29) is 60.8 Å². The molecule has 0 aromatic carbocycles. The molecule has 15 atom stereocenters. The molecule has 4 aliphatic rings. The first-order valence-electron chi connectivity index (χ1n) is 24.0. The highest BCUT2D eigenvalue weighted by Gasteiger charge is 2.57. The number of piperidine rings is 1. The lowest BCUT2D eigenvalue weighted by Crippen LogP contribution is -2.64. The highest BCUT2D eigenvalue weighted by atomic mass is 28.4. The van der Waals surface area contributed by atoms with Crippen LogP contribution in [-0.4, -0.2) is 135 Å². The summed E-state index contributed by atoms with van der Waals surface area (Å²) in [6, 6.07) is -1.13. The molecule has 2 saturated heterocycles. The quantitative estimate of drug-likeness (QED) is 0.0811. The minimum absolute atomic E-state index is 0.00721. The number of amides is 1. The zero-order chi connectivity index (χ0) is 47.9. The maximum absolute atomic E-state index is 14.5. The van der Waals surface area contributed by atoms with Gasteiger partial charge in [0.05, 0.1) is 36.6 Å². The molecule has 64 heavy (non-hydrogen) atoms. The van der Waals surface area contributed by atoms with Crippen LogP contribution < -0.4 is 0 Å². The Labute approximate surface area is 385 Å². The minimum Gasteiger partial charge on any atom is -0.460 e. The summed E-state index contributed by atoms with van der Waals surface area (Å²) in [7, 11) is 2.80. The van der Waals surface area contributed by atoms with E-state index in [2.05, 4.69) is 59.5 Å². The minimum atomic E-state index is -2.49. The summed E-state index contributed by atoms with van der Waals surface area (Å²) in [5.74, 6) is -7.09. The van der Waals surface area contributed by atoms with Crippen LogP contribution in [0.5, 0.6) is 0 Å². The standard InChI is InChI=1S/C50H85NO12Si/c1-15-18-36-24-30(2)23-31(3)25-42(59-11)45-43(60-12)27-33(5)50(57,62-45)46(54)47(55)51-22-17-16-19-37(51)48(56)61-40(29-38(36)52)34(6)44(53)32(4)26-35-20-21-39(41(28-35)58-10)63-64(13,14)49(7,8)9/h15,24,26,31,33-45,52-53,57H,1,16-23,25,27-29H2,2-14H3/b30-24-,32-26+. The maximum atomic E-state index is 14.5. The average Bonchev–Trinajstić information content (AvgIpc) is 3.24. The van der Waals surface area contributed by atoms with Gasteiger partial charge in [-0.1, -0.05) is 65.3 Å². The molecule has 0 radical (unpaired) electrons. The van der Waals surface area contributed by atoms with E-state index >= 15 is 0 Å². The molecule has 0 spiro atoms. The molecule has 1 saturated carbocycles. The number of hydrogen-bond acceptors (Lipinski definition) is 12. The van der Waals surface area contributed by atoms with Crippen molar-refractivity contribution < 1.29 is 57.8 Å². The maximum Gasteiger partial charge on any atom is 0.329 e. The van der Waals surface area contributed by atoms with Gasteiger partial charge in [0.15, 0.2) is 8.32 Å². The summed E-state index contributed by atoms with van der Waals surface area (Å²) in [4.78, 5) is 44.2. The predicted octanol–water partition coefficient (Wildman–Crippen LogP) is 7.46. The number of Topliss-reactive ketones (excluding diaryl/α,β-unsaturated/α-hetero) is 1. The van der Waals surface area contributed by atoms with Crippen LogP contribution in [0.25, 0.3) is 0 Å². The van der Waals surface area contributed by atoms with Gasteiger partial charge in [-0.05, 0) is 114 Å². The SMILES string of the molecule is C=CCC1/C=C(/C)CC(C)CC(OC)C2OC(O)(C(=O)C(=O)N3CCCCC3C(=O)OC(C(C)C(O)/C(C)=C/C3CCC(O[Si](C)(C)C(C)(C)C)C(OC)C3)CC1O)C(C)CC2OC. The Balaban J connectivity index is 1.69. The van der Waals surface area contributed by atoms with Gasteiger partial charge in [0.1, 0.15) is 18.2 Å². The first-order valence-corrected chi connectivity index (χ1v) is 26.9. The van der Waals surface area contributed by atoms with Crippen molar-refractivity contribution in [2.45, 2.75) is 205 Å². The number of carbonyl (C=O) groups excluding carboxylic acids is 3. The Bertz CT molecular complexity index is 1640. The number of ether oxygens (including phenoxy) is 5. The van der Waals surface area contributed by atoms with E-state index in [4.69, 9.17) is 28.1 Å². The van der Waals surface area contributed by atoms with Gasteiger partial charge >= 0.3 is 5.97 Å². The number of fused-ring (bicyclic) bond motifs is 3. The van der Waals surface area contributed by atoms with Crippen LogP contribution in [0.4, 0.5) is 0 Å². The summed E-state index contributed by atoms with van der Waals surface area (Å²) in [6.45, 7) is 24.7. The van der Waals surface area contributed by atoms with Crippen LogP contribution in [0.3, 0.4) is 0 Å². The predicted molar refractivity (Wildman–Crippen MR) is 250 cm³/mol. The number of hydrogen-bond donors (Lipinski definition) is 3. The number of esters is 1. The highest BCUT2D eigenvalue weighted by Crippen LogP contribution is 2.42. The lowest BCUT2D eigenvalue weighted by molar-refractivity contribution is -0.302. The highest BCUT2D eigenvalue weighted by molar-refractivity contribution is 6.74. The van der Waals surface area contributed by atoms with E-state index in [0.29, 0.717) is 32.1 Å². The van der Waals surface area contributed by atoms with E-state index in [1.807, 2.05) is 20.8 Å². The van der Waals surface area contributed by atoms with E-state index in [1.165, 1.54) is 4.90 Å². The molecule has 3 fully saturated rings. The normalized spacial score (nSPS) is 37.8. The number of allylic oxidation sites excluding steroid dienone is 3. The fourth-order valence-electron chi connectivity index (χ4n) is 10.2. The van der Waals surface area contributed by atoms with Crippen LogP contribution in [0.1, 0.15) is 126 Å². The van der Waals surface area contributed by atoms with Gasteiger partial charge in [-0.25, -0.2) is 4.79 Å². The molecule has 3 heterocycles. The van der Waals surface area contributed by atoms with Gasteiger partial charge in [0.25, 0.3) is 11.7 Å². The van der Waals surface area contributed by atoms with Gasteiger partial charge in [0.2, 0.25) is 5.79 Å². The van der Waals surface area contributed by atoms with Crippen molar-refractivity contribution in [2.75, 3.05) is 27.9 Å². The second-order valence-electron chi connectivity index (χ2n) is 21.3. The third-order valence-electron chi connectivity index (χ3n) is 15.3. The van der Waals surface area contributed by atoms with Gasteiger partial charge in [-0.3, -0.25) is 9.59 Å². The number of methoxy groups -OCH3 is 3. The Morgan fingerprint density at radius 3 is 2.23 bits per heavy atom. The summed E-state index contributed by atoms with van der Waals surface area (Å²) >= 11 is 0. The molecule has 0 aromatic rings. The van der Waals surface area contributed by atoms with Crippen LogP contribution in [-0.2, 0) is 42.5 Å². The molecule has 15 unspecified atom stereocenters. The number of aliphatic hydroxyl groups is 3. The second kappa shape index (κ2) is 23.2. The third-order valence-corrected chi connectivity index (χ3v) is 19.8. The molecule has 3 N–H and O–H groups in total. The zero-order valence-corrected chi connectivity index (χ0v) is 42.5. The van der Waals surface area contributed by atoms with Crippen molar-refractivity contribution >= 4 is 26.0 Å². The number of aliphatic hydroxyl groups excluding tert-OH is 2. The van der Waals surface area contributed by atoms with Gasteiger partial charge in [0, 0.05) is 52.0 Å². The number of rotatable bonds is 11. The fraction of sp³-hybridized carbons (Fsp3) is 0.820. The number of ketones is 1. The molecule has 1 amide bonds. The summed E-state index contributed by atoms with van der Waals surface area (Å²) in [5, 5.41) is 36.2. The lowest BCUT2D eigenvalue weighted by atomic mass is 9.81. The number of carbonyl (C=O) groups is 3. The molecule has 4 rings (SSSR count). The van der Waals surface area contributed by atoms with Crippen molar-refractivity contribution in [1.29, 1.82) is 0 Å². The Morgan fingerprint density at radius 2 is 1.62 bits per heavy atom. The van der Waals surface area contributed by atoms with Crippen LogP contribution >= 0.6 is 0 Å². The Morgan fingerprint density at radius 1 is 0.984 bits per heavy atom. The molecule has 0 aromatic heterocycles. The summed E-state index contributed by atoms with van der Waals surface area (Å²) in [6.07, 6.45) is 6.48. The van der Waals surface area contributed by atoms with Crippen molar-refractivity contribution in [3.63, 3.8) is 0 Å². The van der Waals surface area contributed by atoms with E-state index in [9.17, 15) is 29.7 Å². The van der Waals surface area contributed by atoms with Crippen LogP contribution in [0, 0.1) is 29.6 Å². The van der Waals surface area contributed by atoms with Crippen molar-refractivity contribution in [3.8, 4) is 0 Å². The number of nitrogens with zero attached hydrogens (tertiary/aromatic N) is 1. The van der Waals surface area contributed by atoms with E-state index in [0.717, 1.165) is 30.4 Å². The molecular formula is C50H85NO12Si. The lowest BCUT2D eigenvalue weighted by Gasteiger charge is -2.47. The van der Waals surface area contributed by atoms with E-state index < -0.39 is 86.3 Å². The fourth-order valence-corrected chi connectivity index (χ4v) is 11.6. The third kappa shape index (κ3) is 13.0. The number of cyclic esters (lactones) is 1. The van der Waals surface area contributed by atoms with Gasteiger partial charge < -0.3 is 48.3 Å². The summed E-state index contributed by atoms with van der Waals surface area (Å²) < 4.78 is 37.2. The van der Waals surface area contributed by atoms with Gasteiger partial charge in [-0.2, -0.15) is 0 Å². The van der Waals surface area contributed by atoms with Crippen molar-refractivity contribution in [1.82, 2.24) is 4.90 Å². The van der Waals surface area contributed by atoms with Crippen LogP contribution in [0.15, 0.2) is 36.0 Å². The average molecular weight is 920 g/mol. The van der Waals surface area contributed by atoms with Gasteiger partial charge in [-0.15, -0.1) is 6.58 Å². The monoisotopic (exact) mass is 920 g/mol. The molecule has 14 heteroatoms. The first kappa shape index (κ1) is 54.3. The topological polar surface area (TPSA) is 171 Å². The van der Waals surface area contributed by atoms with Crippen LogP contribution in [0.2, 0.25) is 18.1 Å². The summed E-state index contributed by atoms with van der Waals surface area (Å²) in [5.41, 5.74) is 1.75. The van der Waals surface area contributed by atoms with Crippen molar-refractivity contribution in [2.24, 2.45) is 29.6 Å². The largest absolute Gasteiger partial charge is 0.460 e. The molecule has 13 nitrogen and oxygen atoms in total. The molecular weight excluding hydrogens is 835 g/mol. The van der Waals surface area contributed by atoms with Crippen molar-refractivity contribution in [3.05, 3.63) is 36.0 Å². The van der Waals surface area contributed by atoms with E-state index in [1.54, 1.807) is 34.3 Å². The smallest absolute Gasteiger partial charge is 0.329 e. The molecule has 2 bridgehead atoms. The Kier molecular flexibility index (Phi) is 19.7. The molecule has 3 aliphatic heterocycles. The second-order valence-corrected chi connectivity index (χ2v) is 26.1. The molecule has 366 valence electrons. The first-order chi connectivity index (χ1) is 29.9. The zero-order valence-electron chi connectivity index (χ0n) is 41.5. The Hall–Kier alpha value is -2.27.